The van der Waals surface area contributed by atoms with Crippen molar-refractivity contribution in [3.8, 4) is 0 Å². The Morgan fingerprint density at radius 1 is 1.44 bits per heavy atom. The molecule has 0 bridgehead atoms. The molecule has 18 heavy (non-hydrogen) atoms. The molecule has 0 aromatic heterocycles. The van der Waals surface area contributed by atoms with Gasteiger partial charge in [0.15, 0.2) is 15.6 Å². The minimum Gasteiger partial charge on any atom is -0.330 e. The van der Waals surface area contributed by atoms with Crippen LogP contribution in [0.15, 0.2) is 23.1 Å². The topological polar surface area (TPSA) is 77.2 Å². The summed E-state index contributed by atoms with van der Waals surface area (Å²) < 4.78 is 23.7. The van der Waals surface area contributed by atoms with Crippen molar-refractivity contribution in [2.24, 2.45) is 11.7 Å². The molecule has 1 atom stereocenters. The first-order chi connectivity index (χ1) is 8.45. The average Bonchev–Trinajstić information content (AvgIpc) is 2.36. The molecule has 0 saturated heterocycles. The molecule has 0 aliphatic carbocycles. The van der Waals surface area contributed by atoms with Gasteiger partial charge in [-0.1, -0.05) is 13.0 Å². The van der Waals surface area contributed by atoms with Crippen LogP contribution >= 0.6 is 0 Å². The van der Waals surface area contributed by atoms with Crippen LogP contribution in [0.5, 0.6) is 0 Å². The fraction of sp³-hybridized carbons (Fsp3) is 0.462. The third-order valence-corrected chi connectivity index (χ3v) is 5.23. The Kier molecular flexibility index (Phi) is 3.54. The fourth-order valence-electron chi connectivity index (χ4n) is 2.19. The largest absolute Gasteiger partial charge is 0.330 e. The van der Waals surface area contributed by atoms with Gasteiger partial charge in [-0.05, 0) is 30.5 Å². The number of ketones is 1. The van der Waals surface area contributed by atoms with E-state index in [0.29, 0.717) is 29.8 Å². The minimum atomic E-state index is -3.15. The minimum absolute atomic E-state index is 0.0247. The van der Waals surface area contributed by atoms with Crippen LogP contribution < -0.4 is 5.73 Å². The zero-order valence-corrected chi connectivity index (χ0v) is 11.2. The van der Waals surface area contributed by atoms with Gasteiger partial charge < -0.3 is 5.73 Å². The van der Waals surface area contributed by atoms with E-state index >= 15 is 0 Å². The van der Waals surface area contributed by atoms with Crippen molar-refractivity contribution in [3.05, 3.63) is 29.3 Å². The second-order valence-electron chi connectivity index (χ2n) is 4.75. The van der Waals surface area contributed by atoms with Crippen molar-refractivity contribution in [2.45, 2.75) is 24.7 Å². The maximum absolute atomic E-state index is 12.0. The molecule has 1 aromatic carbocycles. The smallest absolute Gasteiger partial charge is 0.178 e. The van der Waals surface area contributed by atoms with E-state index in [1.165, 1.54) is 0 Å². The molecule has 2 rings (SSSR count). The van der Waals surface area contributed by atoms with Crippen LogP contribution in [-0.4, -0.2) is 26.5 Å². The van der Waals surface area contributed by atoms with Crippen molar-refractivity contribution in [1.29, 1.82) is 0 Å². The molecule has 5 heteroatoms. The standard InChI is InChI=1S/C13H17NO3S/c1-9(8-14)13(15)11-4-5-12-10(7-11)3-2-6-18(12,16)17/h4-5,7,9H,2-3,6,8,14H2,1H3. The van der Waals surface area contributed by atoms with Gasteiger partial charge in [0.05, 0.1) is 10.6 Å². The third kappa shape index (κ3) is 2.33. The summed E-state index contributed by atoms with van der Waals surface area (Å²) in [5.74, 6) is -0.0570. The Balaban J connectivity index is 2.42. The monoisotopic (exact) mass is 267 g/mol. The van der Waals surface area contributed by atoms with E-state index in [1.807, 2.05) is 0 Å². The molecule has 0 saturated carbocycles. The molecule has 1 aliphatic rings. The number of Topliss-reactive ketones (excluding diaryl/α,β-unsaturated/α-hetero) is 1. The lowest BCUT2D eigenvalue weighted by atomic mass is 9.97. The van der Waals surface area contributed by atoms with E-state index in [1.54, 1.807) is 25.1 Å². The first-order valence-electron chi connectivity index (χ1n) is 6.05. The summed E-state index contributed by atoms with van der Waals surface area (Å²) >= 11 is 0. The number of benzene rings is 1. The molecule has 1 unspecified atom stereocenters. The molecule has 0 radical (unpaired) electrons. The van der Waals surface area contributed by atoms with Gasteiger partial charge in [0.25, 0.3) is 0 Å². The van der Waals surface area contributed by atoms with Crippen LogP contribution in [0.2, 0.25) is 0 Å². The molecule has 4 nitrogen and oxygen atoms in total. The second-order valence-corrected chi connectivity index (χ2v) is 6.82. The van der Waals surface area contributed by atoms with Crippen LogP contribution in [0, 0.1) is 5.92 Å². The van der Waals surface area contributed by atoms with Crippen molar-refractivity contribution >= 4 is 15.6 Å². The predicted molar refractivity (Wildman–Crippen MR) is 69.4 cm³/mol. The number of rotatable bonds is 3. The van der Waals surface area contributed by atoms with Gasteiger partial charge in [0.1, 0.15) is 0 Å². The summed E-state index contributed by atoms with van der Waals surface area (Å²) in [6.45, 7) is 2.08. The van der Waals surface area contributed by atoms with Crippen molar-refractivity contribution in [1.82, 2.24) is 0 Å². The lowest BCUT2D eigenvalue weighted by Crippen LogP contribution is -2.22. The van der Waals surface area contributed by atoms with Crippen LogP contribution in [-0.2, 0) is 16.3 Å². The summed E-state index contributed by atoms with van der Waals surface area (Å²) in [5.41, 5.74) is 6.79. The number of hydrogen-bond donors (Lipinski definition) is 1. The Hall–Kier alpha value is -1.20. The van der Waals surface area contributed by atoms with Gasteiger partial charge in [-0.15, -0.1) is 0 Å². The number of carbonyl (C=O) groups is 1. The molecule has 1 heterocycles. The van der Waals surface area contributed by atoms with Crippen molar-refractivity contribution in [2.75, 3.05) is 12.3 Å². The molecular weight excluding hydrogens is 250 g/mol. The van der Waals surface area contributed by atoms with Gasteiger partial charge in [0, 0.05) is 18.0 Å². The zero-order chi connectivity index (χ0) is 13.3. The van der Waals surface area contributed by atoms with E-state index in [0.717, 1.165) is 5.56 Å². The van der Waals surface area contributed by atoms with E-state index < -0.39 is 9.84 Å². The number of hydrogen-bond acceptors (Lipinski definition) is 4. The number of nitrogens with two attached hydrogens (primary N) is 1. The molecular formula is C13H17NO3S. The van der Waals surface area contributed by atoms with Crippen molar-refractivity contribution in [3.63, 3.8) is 0 Å². The fourth-order valence-corrected chi connectivity index (χ4v) is 3.77. The quantitative estimate of drug-likeness (QED) is 0.834. The van der Waals surface area contributed by atoms with Gasteiger partial charge in [0.2, 0.25) is 0 Å². The summed E-state index contributed by atoms with van der Waals surface area (Å²) in [5, 5.41) is 0. The van der Waals surface area contributed by atoms with E-state index in [4.69, 9.17) is 5.73 Å². The van der Waals surface area contributed by atoms with Crippen molar-refractivity contribution < 1.29 is 13.2 Å². The second kappa shape index (κ2) is 4.82. The van der Waals surface area contributed by atoms with Crippen LogP contribution in [0.4, 0.5) is 0 Å². The van der Waals surface area contributed by atoms with Crippen LogP contribution in [0.25, 0.3) is 0 Å². The highest BCUT2D eigenvalue weighted by Crippen LogP contribution is 2.26. The zero-order valence-electron chi connectivity index (χ0n) is 10.3. The highest BCUT2D eigenvalue weighted by molar-refractivity contribution is 7.91. The number of carbonyl (C=O) groups excluding carboxylic acids is 1. The lowest BCUT2D eigenvalue weighted by molar-refractivity contribution is 0.0934. The summed E-state index contributed by atoms with van der Waals surface area (Å²) in [6.07, 6.45) is 1.34. The summed E-state index contributed by atoms with van der Waals surface area (Å²) in [6, 6.07) is 4.86. The number of fused-ring (bicyclic) bond motifs is 1. The summed E-state index contributed by atoms with van der Waals surface area (Å²) in [7, 11) is -3.15. The molecule has 98 valence electrons. The first-order valence-corrected chi connectivity index (χ1v) is 7.71. The van der Waals surface area contributed by atoms with Crippen LogP contribution in [0.3, 0.4) is 0 Å². The molecule has 0 spiro atoms. The Morgan fingerprint density at radius 3 is 2.83 bits per heavy atom. The first kappa shape index (κ1) is 13.2. The van der Waals surface area contributed by atoms with Gasteiger partial charge in [-0.3, -0.25) is 4.79 Å². The van der Waals surface area contributed by atoms with Gasteiger partial charge in [-0.25, -0.2) is 8.42 Å². The average molecular weight is 267 g/mol. The molecule has 2 N–H and O–H groups in total. The Morgan fingerprint density at radius 2 is 2.17 bits per heavy atom. The van der Waals surface area contributed by atoms with E-state index in [9.17, 15) is 13.2 Å². The maximum atomic E-state index is 12.0. The Bertz CT molecular complexity index is 578. The van der Waals surface area contributed by atoms with E-state index in [2.05, 4.69) is 0 Å². The molecule has 1 aliphatic heterocycles. The highest BCUT2D eigenvalue weighted by Gasteiger charge is 2.24. The summed E-state index contributed by atoms with van der Waals surface area (Å²) in [4.78, 5) is 12.4. The number of aryl methyl sites for hydroxylation is 1. The molecule has 1 aromatic rings. The van der Waals surface area contributed by atoms with Gasteiger partial charge >= 0.3 is 0 Å². The van der Waals surface area contributed by atoms with Crippen LogP contribution in [0.1, 0.15) is 29.3 Å². The van der Waals surface area contributed by atoms with Gasteiger partial charge in [-0.2, -0.15) is 0 Å². The predicted octanol–water partition coefficient (Wildman–Crippen LogP) is 1.18. The molecule has 0 amide bonds. The highest BCUT2D eigenvalue weighted by atomic mass is 32.2. The Labute approximate surface area is 107 Å². The number of sulfone groups is 1. The SMILES string of the molecule is CC(CN)C(=O)c1ccc2c(c1)CCCS2(=O)=O. The normalized spacial score (nSPS) is 19.0. The molecule has 0 fully saturated rings. The third-order valence-electron chi connectivity index (χ3n) is 3.34. The van der Waals surface area contributed by atoms with E-state index in [-0.39, 0.29) is 17.5 Å². The maximum Gasteiger partial charge on any atom is 0.178 e. The lowest BCUT2D eigenvalue weighted by Gasteiger charge is -2.17.